The topological polar surface area (TPSA) is 105 Å². The Morgan fingerprint density at radius 1 is 1.22 bits per heavy atom. The van der Waals surface area contributed by atoms with E-state index in [1.165, 1.54) is 28.6 Å². The summed E-state index contributed by atoms with van der Waals surface area (Å²) in [7, 11) is -3.69. The molecule has 10 heteroatoms. The monoisotopic (exact) mass is 474 g/mol. The zero-order valence-electron chi connectivity index (χ0n) is 17.5. The summed E-state index contributed by atoms with van der Waals surface area (Å²) in [5.41, 5.74) is 1.89. The van der Waals surface area contributed by atoms with E-state index < -0.39 is 15.9 Å². The van der Waals surface area contributed by atoms with Gasteiger partial charge in [0.25, 0.3) is 0 Å². The third-order valence-corrected chi connectivity index (χ3v) is 7.61. The molecule has 3 aromatic rings. The van der Waals surface area contributed by atoms with E-state index in [1.807, 2.05) is 31.2 Å². The molecule has 1 N–H and O–H groups in total. The van der Waals surface area contributed by atoms with Gasteiger partial charge < -0.3 is 9.84 Å². The van der Waals surface area contributed by atoms with Gasteiger partial charge in [-0.1, -0.05) is 41.0 Å². The Bertz CT molecular complexity index is 1210. The SMILES string of the molecule is Cc1ccccc1-c1noc(CNC(=O)C2CCCN(S(=O)(=O)c3ccc(Cl)cc3)C2)n1. The molecular formula is C22H23ClN4O4S. The predicted octanol–water partition coefficient (Wildman–Crippen LogP) is 3.42. The molecule has 32 heavy (non-hydrogen) atoms. The first-order valence-electron chi connectivity index (χ1n) is 10.3. The van der Waals surface area contributed by atoms with Crippen molar-refractivity contribution in [3.63, 3.8) is 0 Å². The number of halogens is 1. The first-order valence-corrected chi connectivity index (χ1v) is 12.1. The minimum absolute atomic E-state index is 0.0815. The van der Waals surface area contributed by atoms with Crippen LogP contribution in [0.15, 0.2) is 57.9 Å². The van der Waals surface area contributed by atoms with Gasteiger partial charge in [-0.3, -0.25) is 4.79 Å². The summed E-state index contributed by atoms with van der Waals surface area (Å²) in [6.45, 7) is 2.53. The van der Waals surface area contributed by atoms with Crippen LogP contribution in [0.25, 0.3) is 11.4 Å². The Balaban J connectivity index is 1.38. The summed E-state index contributed by atoms with van der Waals surface area (Å²) in [4.78, 5) is 17.2. The third-order valence-electron chi connectivity index (χ3n) is 5.47. The summed E-state index contributed by atoms with van der Waals surface area (Å²) in [5, 5.41) is 7.24. The highest BCUT2D eigenvalue weighted by Gasteiger charge is 2.33. The number of sulfonamides is 1. The second kappa shape index (κ2) is 9.40. The van der Waals surface area contributed by atoms with Gasteiger partial charge in [0.2, 0.25) is 27.6 Å². The third kappa shape index (κ3) is 4.85. The zero-order valence-corrected chi connectivity index (χ0v) is 19.1. The van der Waals surface area contributed by atoms with Crippen molar-refractivity contribution in [1.82, 2.24) is 19.8 Å². The number of nitrogens with zero attached hydrogens (tertiary/aromatic N) is 3. The van der Waals surface area contributed by atoms with Crippen LogP contribution >= 0.6 is 11.6 Å². The van der Waals surface area contributed by atoms with Crippen LogP contribution in [0, 0.1) is 12.8 Å². The van der Waals surface area contributed by atoms with E-state index in [-0.39, 0.29) is 29.8 Å². The van der Waals surface area contributed by atoms with Gasteiger partial charge >= 0.3 is 0 Å². The average Bonchev–Trinajstić information content (AvgIpc) is 3.27. The number of carbonyl (C=O) groups excluding carboxylic acids is 1. The highest BCUT2D eigenvalue weighted by Crippen LogP contribution is 2.25. The summed E-state index contributed by atoms with van der Waals surface area (Å²) in [6, 6.07) is 13.7. The van der Waals surface area contributed by atoms with Crippen LogP contribution < -0.4 is 5.32 Å². The molecule has 1 fully saturated rings. The van der Waals surface area contributed by atoms with Gasteiger partial charge in [0.05, 0.1) is 17.4 Å². The lowest BCUT2D eigenvalue weighted by Gasteiger charge is -2.31. The first kappa shape index (κ1) is 22.4. The summed E-state index contributed by atoms with van der Waals surface area (Å²) < 4.78 is 32.5. The lowest BCUT2D eigenvalue weighted by atomic mass is 9.99. The molecule has 1 unspecified atom stereocenters. The van der Waals surface area contributed by atoms with Crippen LogP contribution in [0.3, 0.4) is 0 Å². The first-order chi connectivity index (χ1) is 15.3. The van der Waals surface area contributed by atoms with Gasteiger partial charge in [-0.25, -0.2) is 8.42 Å². The number of benzene rings is 2. The zero-order chi connectivity index (χ0) is 22.7. The van der Waals surface area contributed by atoms with Crippen molar-refractivity contribution in [1.29, 1.82) is 0 Å². The fourth-order valence-electron chi connectivity index (χ4n) is 3.70. The maximum atomic E-state index is 12.9. The van der Waals surface area contributed by atoms with Crippen molar-refractivity contribution in [2.75, 3.05) is 13.1 Å². The molecule has 1 aromatic heterocycles. The number of amides is 1. The fourth-order valence-corrected chi connectivity index (χ4v) is 5.35. The molecular weight excluding hydrogens is 452 g/mol. The van der Waals surface area contributed by atoms with Crippen molar-refractivity contribution >= 4 is 27.5 Å². The molecule has 8 nitrogen and oxygen atoms in total. The number of aryl methyl sites for hydroxylation is 1. The van der Waals surface area contributed by atoms with Gasteiger partial charge in [0.1, 0.15) is 0 Å². The van der Waals surface area contributed by atoms with Crippen molar-refractivity contribution < 1.29 is 17.7 Å². The number of rotatable bonds is 6. The summed E-state index contributed by atoms with van der Waals surface area (Å²) >= 11 is 5.86. The maximum absolute atomic E-state index is 12.9. The van der Waals surface area contributed by atoms with E-state index in [9.17, 15) is 13.2 Å². The Kier molecular flexibility index (Phi) is 6.59. The number of hydrogen-bond donors (Lipinski definition) is 1. The van der Waals surface area contributed by atoms with E-state index in [0.717, 1.165) is 11.1 Å². The number of aromatic nitrogens is 2. The van der Waals surface area contributed by atoms with Gasteiger partial charge in [-0.2, -0.15) is 9.29 Å². The molecule has 2 heterocycles. The maximum Gasteiger partial charge on any atom is 0.246 e. The van der Waals surface area contributed by atoms with Crippen LogP contribution in [0.1, 0.15) is 24.3 Å². The van der Waals surface area contributed by atoms with Crippen LogP contribution in [-0.4, -0.2) is 41.9 Å². The minimum Gasteiger partial charge on any atom is -0.347 e. The number of hydrogen-bond acceptors (Lipinski definition) is 6. The lowest BCUT2D eigenvalue weighted by molar-refractivity contribution is -0.126. The van der Waals surface area contributed by atoms with Crippen molar-refractivity contribution in [2.45, 2.75) is 31.2 Å². The molecule has 0 bridgehead atoms. The molecule has 0 aliphatic carbocycles. The highest BCUT2D eigenvalue weighted by molar-refractivity contribution is 7.89. The van der Waals surface area contributed by atoms with Crippen molar-refractivity contribution in [3.8, 4) is 11.4 Å². The highest BCUT2D eigenvalue weighted by atomic mass is 35.5. The van der Waals surface area contributed by atoms with Gasteiger partial charge in [0, 0.05) is 23.7 Å². The van der Waals surface area contributed by atoms with E-state index in [0.29, 0.717) is 30.2 Å². The van der Waals surface area contributed by atoms with Crippen LogP contribution in [0.5, 0.6) is 0 Å². The quantitative estimate of drug-likeness (QED) is 0.586. The second-order valence-corrected chi connectivity index (χ2v) is 10.1. The Labute approximate surface area is 191 Å². The van der Waals surface area contributed by atoms with E-state index >= 15 is 0 Å². The molecule has 4 rings (SSSR count). The fraction of sp³-hybridized carbons (Fsp3) is 0.318. The number of carbonyl (C=O) groups is 1. The van der Waals surface area contributed by atoms with Crippen LogP contribution in [0.4, 0.5) is 0 Å². The smallest absolute Gasteiger partial charge is 0.246 e. The summed E-state index contributed by atoms with van der Waals surface area (Å²) in [5.74, 6) is 0.0598. The van der Waals surface area contributed by atoms with Crippen LogP contribution in [-0.2, 0) is 21.4 Å². The second-order valence-electron chi connectivity index (χ2n) is 7.70. The molecule has 168 valence electrons. The van der Waals surface area contributed by atoms with E-state index in [1.54, 1.807) is 0 Å². The van der Waals surface area contributed by atoms with Crippen molar-refractivity contribution in [2.24, 2.45) is 5.92 Å². The van der Waals surface area contributed by atoms with Gasteiger partial charge in [-0.05, 0) is 49.6 Å². The average molecular weight is 475 g/mol. The summed E-state index contributed by atoms with van der Waals surface area (Å²) in [6.07, 6.45) is 1.21. The number of piperidine rings is 1. The predicted molar refractivity (Wildman–Crippen MR) is 119 cm³/mol. The molecule has 0 saturated carbocycles. The largest absolute Gasteiger partial charge is 0.347 e. The molecule has 0 radical (unpaired) electrons. The van der Waals surface area contributed by atoms with Gasteiger partial charge in [0.15, 0.2) is 0 Å². The molecule has 1 atom stereocenters. The van der Waals surface area contributed by atoms with Crippen molar-refractivity contribution in [3.05, 3.63) is 65.0 Å². The molecule has 0 spiro atoms. The van der Waals surface area contributed by atoms with Crippen LogP contribution in [0.2, 0.25) is 5.02 Å². The Morgan fingerprint density at radius 2 is 1.97 bits per heavy atom. The molecule has 1 aliphatic rings. The number of nitrogens with one attached hydrogen (secondary N) is 1. The normalized spacial score (nSPS) is 17.2. The molecule has 1 aliphatic heterocycles. The Hall–Kier alpha value is -2.75. The van der Waals surface area contributed by atoms with E-state index in [4.69, 9.17) is 16.1 Å². The van der Waals surface area contributed by atoms with E-state index in [2.05, 4.69) is 15.5 Å². The molecule has 1 saturated heterocycles. The lowest BCUT2D eigenvalue weighted by Crippen LogP contribution is -2.45. The minimum atomic E-state index is -3.69. The Morgan fingerprint density at radius 3 is 2.72 bits per heavy atom. The molecule has 1 amide bonds. The van der Waals surface area contributed by atoms with Gasteiger partial charge in [-0.15, -0.1) is 0 Å². The molecule has 2 aromatic carbocycles. The standard InChI is InChI=1S/C22H23ClN4O4S/c1-15-5-2-3-7-19(15)21-25-20(31-26-21)13-24-22(28)16-6-4-12-27(14-16)32(29,30)18-10-8-17(23)9-11-18/h2-3,5,7-11,16H,4,6,12-14H2,1H3,(H,24,28).